The molecule has 0 aliphatic rings. The van der Waals surface area contributed by atoms with Crippen LogP contribution in [0.2, 0.25) is 0 Å². The van der Waals surface area contributed by atoms with Gasteiger partial charge in [-0.1, -0.05) is 103 Å². The van der Waals surface area contributed by atoms with Crippen LogP contribution < -0.4 is 4.90 Å². The number of nitrogens with zero attached hydrogens (tertiary/aromatic N) is 1. The Morgan fingerprint density at radius 3 is 1.86 bits per heavy atom. The maximum Gasteiger partial charge on any atom is 0.136 e. The first kappa shape index (κ1) is 24.7. The number of hydrogen-bond donors (Lipinski definition) is 0. The number of furan rings is 1. The molecule has 0 bridgehead atoms. The van der Waals surface area contributed by atoms with Crippen LogP contribution in [0.25, 0.3) is 65.4 Å². The van der Waals surface area contributed by atoms with Gasteiger partial charge in [-0.2, -0.15) is 0 Å². The van der Waals surface area contributed by atoms with Gasteiger partial charge >= 0.3 is 0 Å². The van der Waals surface area contributed by atoms with Crippen molar-refractivity contribution in [1.29, 1.82) is 0 Å². The molecule has 0 saturated heterocycles. The fraction of sp³-hybridized carbons (Fsp3) is 0. The van der Waals surface area contributed by atoms with Crippen LogP contribution in [0, 0.1) is 0 Å². The molecule has 0 aliphatic heterocycles. The average molecular weight is 562 g/mol. The van der Waals surface area contributed by atoms with Crippen LogP contribution in [0.5, 0.6) is 0 Å². The molecule has 0 aliphatic carbocycles. The van der Waals surface area contributed by atoms with Crippen LogP contribution in [0.4, 0.5) is 17.1 Å². The molecule has 9 aromatic rings. The molecule has 8 aromatic carbocycles. The summed E-state index contributed by atoms with van der Waals surface area (Å²) < 4.78 is 6.20. The second kappa shape index (κ2) is 9.86. The van der Waals surface area contributed by atoms with Crippen molar-refractivity contribution in [3.05, 3.63) is 164 Å². The zero-order chi connectivity index (χ0) is 29.0. The minimum absolute atomic E-state index is 0.916. The third kappa shape index (κ3) is 4.04. The van der Waals surface area contributed by atoms with Crippen molar-refractivity contribution in [1.82, 2.24) is 0 Å². The smallest absolute Gasteiger partial charge is 0.136 e. The summed E-state index contributed by atoms with van der Waals surface area (Å²) in [5.74, 6) is 0. The van der Waals surface area contributed by atoms with Crippen molar-refractivity contribution in [2.45, 2.75) is 0 Å². The van der Waals surface area contributed by atoms with E-state index in [0.29, 0.717) is 0 Å². The van der Waals surface area contributed by atoms with Gasteiger partial charge in [0.2, 0.25) is 0 Å². The van der Waals surface area contributed by atoms with Gasteiger partial charge in [-0.05, 0) is 98.5 Å². The van der Waals surface area contributed by atoms with Crippen molar-refractivity contribution in [2.24, 2.45) is 0 Å². The first-order valence-electron chi connectivity index (χ1n) is 15.0. The molecular formula is C42H27NO. The number of hydrogen-bond acceptors (Lipinski definition) is 2. The summed E-state index contributed by atoms with van der Waals surface area (Å²) >= 11 is 0. The molecule has 2 heteroatoms. The van der Waals surface area contributed by atoms with Crippen molar-refractivity contribution in [3.63, 3.8) is 0 Å². The lowest BCUT2D eigenvalue weighted by atomic mass is 9.95. The normalized spacial score (nSPS) is 11.6. The average Bonchev–Trinajstić information content (AvgIpc) is 3.44. The summed E-state index contributed by atoms with van der Waals surface area (Å²) in [5.41, 5.74) is 7.57. The minimum atomic E-state index is 0.916. The fourth-order valence-corrected chi connectivity index (χ4v) is 6.60. The van der Waals surface area contributed by atoms with Gasteiger partial charge < -0.3 is 9.32 Å². The molecule has 2 nitrogen and oxygen atoms in total. The van der Waals surface area contributed by atoms with E-state index in [1.54, 1.807) is 0 Å². The molecule has 1 heterocycles. The zero-order valence-corrected chi connectivity index (χ0v) is 23.9. The highest BCUT2D eigenvalue weighted by Gasteiger charge is 2.19. The molecule has 0 atom stereocenters. The highest BCUT2D eigenvalue weighted by Crippen LogP contribution is 2.44. The summed E-state index contributed by atoms with van der Waals surface area (Å²) in [6.45, 7) is 0. The number of para-hydroxylation sites is 2. The molecule has 0 fully saturated rings. The van der Waals surface area contributed by atoms with Crippen LogP contribution in [-0.4, -0.2) is 0 Å². The lowest BCUT2D eigenvalue weighted by Gasteiger charge is -2.29. The number of anilines is 3. The van der Waals surface area contributed by atoms with Gasteiger partial charge in [0.15, 0.2) is 0 Å². The van der Waals surface area contributed by atoms with E-state index < -0.39 is 0 Å². The van der Waals surface area contributed by atoms with E-state index in [9.17, 15) is 0 Å². The predicted octanol–water partition coefficient (Wildman–Crippen LogP) is 12.2. The summed E-state index contributed by atoms with van der Waals surface area (Å²) in [6.07, 6.45) is 0. The van der Waals surface area contributed by atoms with E-state index in [1.165, 1.54) is 38.1 Å². The minimum Gasteiger partial charge on any atom is -0.456 e. The number of rotatable bonds is 4. The van der Waals surface area contributed by atoms with Crippen molar-refractivity contribution in [2.75, 3.05) is 4.90 Å². The highest BCUT2D eigenvalue weighted by atomic mass is 16.3. The second-order valence-electron chi connectivity index (χ2n) is 11.4. The fourth-order valence-electron chi connectivity index (χ4n) is 6.60. The molecule has 0 saturated carbocycles. The van der Waals surface area contributed by atoms with Crippen LogP contribution in [0.1, 0.15) is 0 Å². The number of benzene rings is 8. The lowest BCUT2D eigenvalue weighted by Crippen LogP contribution is -2.11. The Bertz CT molecular complexity index is 2510. The molecule has 0 N–H and O–H groups in total. The molecule has 0 amide bonds. The predicted molar refractivity (Wildman–Crippen MR) is 186 cm³/mol. The largest absolute Gasteiger partial charge is 0.456 e. The van der Waals surface area contributed by atoms with E-state index in [0.717, 1.165) is 44.4 Å². The summed E-state index contributed by atoms with van der Waals surface area (Å²) in [4.78, 5) is 2.40. The van der Waals surface area contributed by atoms with E-state index in [2.05, 4.69) is 157 Å². The van der Waals surface area contributed by atoms with Crippen LogP contribution in [0.15, 0.2) is 168 Å². The first-order chi connectivity index (χ1) is 21.8. The molecular weight excluding hydrogens is 534 g/mol. The molecule has 0 spiro atoms. The maximum absolute atomic E-state index is 6.20. The maximum atomic E-state index is 6.20. The topological polar surface area (TPSA) is 16.4 Å². The lowest BCUT2D eigenvalue weighted by molar-refractivity contribution is 0.669. The Kier molecular flexibility index (Phi) is 5.54. The second-order valence-corrected chi connectivity index (χ2v) is 11.4. The SMILES string of the molecule is c1ccc(N(c2ccc3cc4oc5ccccc5c4cc3c2)c2cc3ccccc3cc2-c2ccc3ccccc3c2)cc1. The van der Waals surface area contributed by atoms with Gasteiger partial charge in [0, 0.05) is 27.7 Å². The van der Waals surface area contributed by atoms with Gasteiger partial charge in [0.1, 0.15) is 11.2 Å². The third-order valence-corrected chi connectivity index (χ3v) is 8.76. The Morgan fingerprint density at radius 1 is 0.364 bits per heavy atom. The van der Waals surface area contributed by atoms with Gasteiger partial charge in [0.05, 0.1) is 5.69 Å². The van der Waals surface area contributed by atoms with E-state index >= 15 is 0 Å². The van der Waals surface area contributed by atoms with E-state index in [4.69, 9.17) is 4.42 Å². The summed E-state index contributed by atoms with van der Waals surface area (Å²) in [5, 5.41) is 9.52. The zero-order valence-electron chi connectivity index (χ0n) is 23.9. The first-order valence-corrected chi connectivity index (χ1v) is 15.0. The quantitative estimate of drug-likeness (QED) is 0.212. The molecule has 206 valence electrons. The standard InChI is InChI=1S/C42H27NO/c1-2-14-35(15-3-1)43(36-21-20-32-27-42-39(25-34(32)23-36)37-16-8-9-17-41(37)44-42)40-26-31-13-7-6-12-30(31)24-38(40)33-19-18-28-10-4-5-11-29(28)22-33/h1-27H. The Hall–Kier alpha value is -5.86. The molecule has 9 rings (SSSR count). The Morgan fingerprint density at radius 2 is 1.02 bits per heavy atom. The van der Waals surface area contributed by atoms with E-state index in [1.807, 2.05) is 12.1 Å². The summed E-state index contributed by atoms with van der Waals surface area (Å²) in [7, 11) is 0. The van der Waals surface area contributed by atoms with Gasteiger partial charge in [0.25, 0.3) is 0 Å². The Labute approximate surface area is 255 Å². The Balaban J connectivity index is 1.31. The highest BCUT2D eigenvalue weighted by molar-refractivity contribution is 6.11. The molecule has 0 radical (unpaired) electrons. The molecule has 44 heavy (non-hydrogen) atoms. The van der Waals surface area contributed by atoms with Gasteiger partial charge in [-0.3, -0.25) is 0 Å². The molecule has 1 aromatic heterocycles. The van der Waals surface area contributed by atoms with Crippen molar-refractivity contribution >= 4 is 71.3 Å². The van der Waals surface area contributed by atoms with Gasteiger partial charge in [-0.25, -0.2) is 0 Å². The molecule has 0 unspecified atom stereocenters. The van der Waals surface area contributed by atoms with Crippen LogP contribution in [-0.2, 0) is 0 Å². The number of fused-ring (bicyclic) bond motifs is 6. The van der Waals surface area contributed by atoms with Crippen LogP contribution >= 0.6 is 0 Å². The van der Waals surface area contributed by atoms with Gasteiger partial charge in [-0.15, -0.1) is 0 Å². The van der Waals surface area contributed by atoms with Crippen molar-refractivity contribution < 1.29 is 4.42 Å². The van der Waals surface area contributed by atoms with Crippen LogP contribution in [0.3, 0.4) is 0 Å². The summed E-state index contributed by atoms with van der Waals surface area (Å²) in [6, 6.07) is 58.8. The van der Waals surface area contributed by atoms with E-state index in [-0.39, 0.29) is 0 Å². The van der Waals surface area contributed by atoms with Crippen molar-refractivity contribution in [3.8, 4) is 11.1 Å². The monoisotopic (exact) mass is 561 g/mol. The third-order valence-electron chi connectivity index (χ3n) is 8.76.